The molecule has 144 valence electrons. The van der Waals surface area contributed by atoms with E-state index in [1.807, 2.05) is 6.92 Å². The van der Waals surface area contributed by atoms with Gasteiger partial charge in [0.15, 0.2) is 5.82 Å². The summed E-state index contributed by atoms with van der Waals surface area (Å²) in [5.41, 5.74) is -0.902. The topological polar surface area (TPSA) is 97.6 Å². The number of rotatable bonds is 7. The van der Waals surface area contributed by atoms with Gasteiger partial charge in [-0.3, -0.25) is 9.69 Å². The minimum Gasteiger partial charge on any atom is -0.435 e. The smallest absolute Gasteiger partial charge is 0.387 e. The molecular weight excluding hydrogens is 362 g/mol. The predicted molar refractivity (Wildman–Crippen MR) is 87.8 cm³/mol. The van der Waals surface area contributed by atoms with Crippen LogP contribution in [0.1, 0.15) is 37.5 Å². The molecule has 0 saturated carbocycles. The molecule has 1 saturated heterocycles. The first kappa shape index (κ1) is 18.7. The second kappa shape index (κ2) is 7.29. The number of alkyl halides is 2. The molecule has 0 radical (unpaired) electrons. The molecule has 27 heavy (non-hydrogen) atoms. The number of urea groups is 1. The lowest BCUT2D eigenvalue weighted by molar-refractivity contribution is -0.131. The number of amides is 3. The number of carbonyl (C=O) groups is 2. The molecule has 1 unspecified atom stereocenters. The molecule has 2 heterocycles. The zero-order chi connectivity index (χ0) is 19.6. The van der Waals surface area contributed by atoms with Crippen molar-refractivity contribution < 1.29 is 27.6 Å². The number of nitrogens with zero attached hydrogens (tertiary/aromatic N) is 3. The molecule has 8 nitrogen and oxygen atoms in total. The highest BCUT2D eigenvalue weighted by Gasteiger charge is 2.49. The molecule has 1 aliphatic rings. The lowest BCUT2D eigenvalue weighted by Crippen LogP contribution is -2.40. The van der Waals surface area contributed by atoms with Crippen LogP contribution in [-0.4, -0.2) is 33.6 Å². The largest absolute Gasteiger partial charge is 0.435 e. The van der Waals surface area contributed by atoms with E-state index in [1.165, 1.54) is 31.2 Å². The monoisotopic (exact) mass is 380 g/mol. The first-order chi connectivity index (χ1) is 12.8. The molecule has 1 aromatic heterocycles. The maximum atomic E-state index is 12.8. The van der Waals surface area contributed by atoms with Gasteiger partial charge >= 0.3 is 12.6 Å². The molecule has 1 aromatic carbocycles. The van der Waals surface area contributed by atoms with E-state index in [0.29, 0.717) is 17.9 Å². The summed E-state index contributed by atoms with van der Waals surface area (Å²) in [6.45, 7) is 0.432. The normalized spacial score (nSPS) is 19.7. The summed E-state index contributed by atoms with van der Waals surface area (Å²) < 4.78 is 33.9. The van der Waals surface area contributed by atoms with Crippen LogP contribution in [0.4, 0.5) is 13.6 Å². The number of hydrogen-bond donors (Lipinski definition) is 1. The van der Waals surface area contributed by atoms with Crippen molar-refractivity contribution in [2.45, 2.75) is 45.4 Å². The Labute approximate surface area is 153 Å². The Kier molecular flexibility index (Phi) is 5.06. The summed E-state index contributed by atoms with van der Waals surface area (Å²) in [5, 5.41) is 6.40. The fraction of sp³-hybridized carbons (Fsp3) is 0.412. The Morgan fingerprint density at radius 2 is 2.00 bits per heavy atom. The van der Waals surface area contributed by atoms with Crippen LogP contribution in [0, 0.1) is 0 Å². The lowest BCUT2D eigenvalue weighted by atomic mass is 9.92. The van der Waals surface area contributed by atoms with Crippen molar-refractivity contribution in [1.82, 2.24) is 20.4 Å². The third-order valence-electron chi connectivity index (χ3n) is 4.21. The van der Waals surface area contributed by atoms with E-state index in [9.17, 15) is 18.4 Å². The Bertz CT molecular complexity index is 840. The van der Waals surface area contributed by atoms with Gasteiger partial charge in [-0.05, 0) is 31.0 Å². The van der Waals surface area contributed by atoms with E-state index in [4.69, 9.17) is 4.52 Å². The fourth-order valence-corrected chi connectivity index (χ4v) is 2.82. The third kappa shape index (κ3) is 3.74. The summed E-state index contributed by atoms with van der Waals surface area (Å²) in [4.78, 5) is 30.3. The molecule has 10 heteroatoms. The highest BCUT2D eigenvalue weighted by molar-refractivity contribution is 6.07. The van der Waals surface area contributed by atoms with Gasteiger partial charge in [-0.2, -0.15) is 13.8 Å². The van der Waals surface area contributed by atoms with Crippen LogP contribution in [0.3, 0.4) is 0 Å². The number of aryl methyl sites for hydroxylation is 1. The molecule has 1 N–H and O–H groups in total. The Morgan fingerprint density at radius 3 is 2.63 bits per heavy atom. The summed E-state index contributed by atoms with van der Waals surface area (Å²) >= 11 is 0. The Morgan fingerprint density at radius 1 is 1.30 bits per heavy atom. The number of aromatic nitrogens is 2. The number of carbonyl (C=O) groups excluding carboxylic acids is 2. The zero-order valence-electron chi connectivity index (χ0n) is 14.7. The van der Waals surface area contributed by atoms with Crippen molar-refractivity contribution in [2.75, 3.05) is 0 Å². The van der Waals surface area contributed by atoms with Crippen molar-refractivity contribution in [3.63, 3.8) is 0 Å². The maximum absolute atomic E-state index is 12.8. The SMILES string of the molecule is CCCc1nc(CN2C(=O)NC(C)(c3ccc(OC(F)F)cc3)C2=O)no1. The van der Waals surface area contributed by atoms with Gasteiger partial charge in [-0.1, -0.05) is 24.2 Å². The Hall–Kier alpha value is -3.04. The van der Waals surface area contributed by atoms with Crippen molar-refractivity contribution in [3.8, 4) is 5.75 Å². The second-order valence-corrected chi connectivity index (χ2v) is 6.20. The minimum atomic E-state index is -2.94. The minimum absolute atomic E-state index is 0.0405. The van der Waals surface area contributed by atoms with E-state index in [1.54, 1.807) is 0 Å². The fourth-order valence-electron chi connectivity index (χ4n) is 2.82. The predicted octanol–water partition coefficient (Wildman–Crippen LogP) is 2.59. The standard InChI is InChI=1S/C17H18F2N4O4/c1-3-4-13-20-12(22-27-13)9-23-14(24)17(2,21-16(23)25)10-5-7-11(8-6-10)26-15(18)19/h5-8,15H,3-4,9H2,1-2H3,(H,21,25). The Balaban J connectivity index is 1.77. The number of imide groups is 1. The molecular formula is C17H18F2N4O4. The van der Waals surface area contributed by atoms with Crippen molar-refractivity contribution >= 4 is 11.9 Å². The highest BCUT2D eigenvalue weighted by Crippen LogP contribution is 2.31. The maximum Gasteiger partial charge on any atom is 0.387 e. The van der Waals surface area contributed by atoms with E-state index in [0.717, 1.165) is 11.3 Å². The number of benzene rings is 1. The lowest BCUT2D eigenvalue weighted by Gasteiger charge is -2.22. The summed E-state index contributed by atoms with van der Waals surface area (Å²) in [6, 6.07) is 4.92. The van der Waals surface area contributed by atoms with E-state index < -0.39 is 24.1 Å². The summed E-state index contributed by atoms with van der Waals surface area (Å²) in [5.74, 6) is 0.127. The van der Waals surface area contributed by atoms with Gasteiger partial charge in [0.05, 0.1) is 6.54 Å². The number of ether oxygens (including phenoxy) is 1. The van der Waals surface area contributed by atoms with Gasteiger partial charge < -0.3 is 14.6 Å². The van der Waals surface area contributed by atoms with Crippen LogP contribution in [0.5, 0.6) is 5.75 Å². The zero-order valence-corrected chi connectivity index (χ0v) is 14.7. The van der Waals surface area contributed by atoms with Crippen LogP contribution in [0.25, 0.3) is 0 Å². The molecule has 3 rings (SSSR count). The van der Waals surface area contributed by atoms with Crippen LogP contribution >= 0.6 is 0 Å². The number of nitrogens with one attached hydrogen (secondary N) is 1. The van der Waals surface area contributed by atoms with Gasteiger partial charge in [-0.25, -0.2) is 4.79 Å². The van der Waals surface area contributed by atoms with E-state index >= 15 is 0 Å². The van der Waals surface area contributed by atoms with E-state index in [-0.39, 0.29) is 18.1 Å². The van der Waals surface area contributed by atoms with Gasteiger partial charge in [0.1, 0.15) is 11.3 Å². The van der Waals surface area contributed by atoms with Gasteiger partial charge in [0.2, 0.25) is 5.89 Å². The second-order valence-electron chi connectivity index (χ2n) is 6.20. The molecule has 2 aromatic rings. The van der Waals surface area contributed by atoms with Crippen LogP contribution in [0.15, 0.2) is 28.8 Å². The molecule has 0 aliphatic carbocycles. The van der Waals surface area contributed by atoms with Gasteiger partial charge in [0.25, 0.3) is 5.91 Å². The van der Waals surface area contributed by atoms with Crippen molar-refractivity contribution in [3.05, 3.63) is 41.5 Å². The molecule has 0 bridgehead atoms. The molecule has 1 aliphatic heterocycles. The number of hydrogen-bond acceptors (Lipinski definition) is 6. The molecule has 1 fully saturated rings. The molecule has 1 atom stereocenters. The average molecular weight is 380 g/mol. The first-order valence-electron chi connectivity index (χ1n) is 8.34. The first-order valence-corrected chi connectivity index (χ1v) is 8.34. The van der Waals surface area contributed by atoms with Crippen LogP contribution < -0.4 is 10.1 Å². The number of halogens is 2. The quantitative estimate of drug-likeness (QED) is 0.742. The van der Waals surface area contributed by atoms with Crippen LogP contribution in [0.2, 0.25) is 0 Å². The van der Waals surface area contributed by atoms with Crippen molar-refractivity contribution in [2.24, 2.45) is 0 Å². The molecule has 3 amide bonds. The molecule has 0 spiro atoms. The third-order valence-corrected chi connectivity index (χ3v) is 4.21. The summed E-state index contributed by atoms with van der Waals surface area (Å²) in [6.07, 6.45) is 1.44. The van der Waals surface area contributed by atoms with Gasteiger partial charge in [-0.15, -0.1) is 0 Å². The van der Waals surface area contributed by atoms with Crippen LogP contribution in [-0.2, 0) is 23.3 Å². The highest BCUT2D eigenvalue weighted by atomic mass is 19.3. The van der Waals surface area contributed by atoms with Gasteiger partial charge in [0, 0.05) is 6.42 Å². The summed E-state index contributed by atoms with van der Waals surface area (Å²) in [7, 11) is 0. The van der Waals surface area contributed by atoms with E-state index in [2.05, 4.69) is 20.2 Å². The van der Waals surface area contributed by atoms with Crippen molar-refractivity contribution in [1.29, 1.82) is 0 Å². The average Bonchev–Trinajstić information content (AvgIpc) is 3.14.